The second kappa shape index (κ2) is 8.30. The number of piperidine rings is 1. The van der Waals surface area contributed by atoms with Gasteiger partial charge in [0.2, 0.25) is 11.8 Å². The number of likely N-dealkylation sites (tertiary alicyclic amines) is 1. The highest BCUT2D eigenvalue weighted by Gasteiger charge is 2.24. The molecule has 3 rings (SSSR count). The number of hydrogen-bond acceptors (Lipinski definition) is 4. The molecule has 1 aliphatic heterocycles. The number of oxazole rings is 1. The zero-order chi connectivity index (χ0) is 17.6. The third-order valence-electron chi connectivity index (χ3n) is 4.76. The lowest BCUT2D eigenvalue weighted by atomic mass is 9.97. The Morgan fingerprint density at radius 2 is 2.00 bits per heavy atom. The van der Waals surface area contributed by atoms with Crippen molar-refractivity contribution in [1.82, 2.24) is 9.88 Å². The molecule has 134 valence electrons. The Morgan fingerprint density at radius 3 is 2.68 bits per heavy atom. The molecule has 5 nitrogen and oxygen atoms in total. The van der Waals surface area contributed by atoms with E-state index in [1.54, 1.807) is 0 Å². The molecule has 1 fully saturated rings. The van der Waals surface area contributed by atoms with E-state index in [2.05, 4.69) is 4.98 Å². The average molecular weight is 342 g/mol. The van der Waals surface area contributed by atoms with Crippen molar-refractivity contribution < 1.29 is 13.9 Å². The summed E-state index contributed by atoms with van der Waals surface area (Å²) in [6.07, 6.45) is 2.33. The zero-order valence-electron chi connectivity index (χ0n) is 15.0. The second-order valence-electron chi connectivity index (χ2n) is 6.55. The predicted octanol–water partition coefficient (Wildman–Crippen LogP) is 3.47. The van der Waals surface area contributed by atoms with E-state index < -0.39 is 0 Å². The van der Waals surface area contributed by atoms with Crippen LogP contribution in [0.25, 0.3) is 11.5 Å². The summed E-state index contributed by atoms with van der Waals surface area (Å²) in [5.41, 5.74) is 1.67. The van der Waals surface area contributed by atoms with Gasteiger partial charge in [-0.25, -0.2) is 4.98 Å². The molecule has 25 heavy (non-hydrogen) atoms. The molecule has 2 aromatic rings. The van der Waals surface area contributed by atoms with Gasteiger partial charge in [0.1, 0.15) is 5.76 Å². The maximum absolute atomic E-state index is 12.6. The monoisotopic (exact) mass is 342 g/mol. The molecule has 1 aromatic heterocycles. The summed E-state index contributed by atoms with van der Waals surface area (Å²) in [5.74, 6) is 2.00. The van der Waals surface area contributed by atoms with Crippen LogP contribution < -0.4 is 0 Å². The quantitative estimate of drug-likeness (QED) is 0.807. The van der Waals surface area contributed by atoms with Crippen molar-refractivity contribution in [2.24, 2.45) is 5.92 Å². The van der Waals surface area contributed by atoms with Crippen LogP contribution in [0.5, 0.6) is 0 Å². The fourth-order valence-corrected chi connectivity index (χ4v) is 3.18. The van der Waals surface area contributed by atoms with Crippen LogP contribution in [0.1, 0.15) is 31.2 Å². The first-order chi connectivity index (χ1) is 12.2. The van der Waals surface area contributed by atoms with Gasteiger partial charge in [0, 0.05) is 31.9 Å². The van der Waals surface area contributed by atoms with Crippen molar-refractivity contribution in [3.63, 3.8) is 0 Å². The summed E-state index contributed by atoms with van der Waals surface area (Å²) in [7, 11) is 0. The molecule has 0 radical (unpaired) electrons. The minimum absolute atomic E-state index is 0.130. The molecule has 0 spiro atoms. The lowest BCUT2D eigenvalue weighted by Gasteiger charge is -2.31. The Balaban J connectivity index is 1.58. The van der Waals surface area contributed by atoms with Gasteiger partial charge in [-0.2, -0.15) is 0 Å². The van der Waals surface area contributed by atoms with Crippen LogP contribution in [0.4, 0.5) is 0 Å². The molecule has 0 bridgehead atoms. The smallest absolute Gasteiger partial charge is 0.228 e. The van der Waals surface area contributed by atoms with E-state index >= 15 is 0 Å². The van der Waals surface area contributed by atoms with Gasteiger partial charge >= 0.3 is 0 Å². The van der Waals surface area contributed by atoms with Crippen LogP contribution in [0.3, 0.4) is 0 Å². The fraction of sp³-hybridized carbons (Fsp3) is 0.500. The molecule has 0 unspecified atom stereocenters. The summed E-state index contributed by atoms with van der Waals surface area (Å²) in [5, 5.41) is 0. The number of hydrogen-bond donors (Lipinski definition) is 0. The van der Waals surface area contributed by atoms with Crippen LogP contribution in [0.15, 0.2) is 34.7 Å². The van der Waals surface area contributed by atoms with Crippen molar-refractivity contribution in [2.45, 2.75) is 33.1 Å². The summed E-state index contributed by atoms with van der Waals surface area (Å²) < 4.78 is 11.3. The number of benzene rings is 1. The molecule has 2 heterocycles. The summed E-state index contributed by atoms with van der Waals surface area (Å²) in [4.78, 5) is 19.1. The van der Waals surface area contributed by atoms with E-state index in [0.29, 0.717) is 18.2 Å². The summed E-state index contributed by atoms with van der Waals surface area (Å²) in [6, 6.07) is 9.77. The second-order valence-corrected chi connectivity index (χ2v) is 6.55. The fourth-order valence-electron chi connectivity index (χ4n) is 3.18. The van der Waals surface area contributed by atoms with Crippen LogP contribution in [-0.4, -0.2) is 42.1 Å². The Hall–Kier alpha value is -2.14. The highest BCUT2D eigenvalue weighted by molar-refractivity contribution is 5.78. The van der Waals surface area contributed by atoms with Gasteiger partial charge in [0.15, 0.2) is 0 Å². The summed E-state index contributed by atoms with van der Waals surface area (Å²) >= 11 is 0. The highest BCUT2D eigenvalue weighted by atomic mass is 16.5. The van der Waals surface area contributed by atoms with E-state index in [0.717, 1.165) is 56.2 Å². The average Bonchev–Trinajstić information content (AvgIpc) is 3.01. The zero-order valence-corrected chi connectivity index (χ0v) is 15.0. The first-order valence-corrected chi connectivity index (χ1v) is 9.04. The van der Waals surface area contributed by atoms with Crippen LogP contribution >= 0.6 is 0 Å². The topological polar surface area (TPSA) is 55.6 Å². The Labute approximate surface area is 149 Å². The number of nitrogens with zero attached hydrogens (tertiary/aromatic N) is 2. The normalized spacial score (nSPS) is 15.5. The molecule has 0 aliphatic carbocycles. The van der Waals surface area contributed by atoms with Gasteiger partial charge in [-0.15, -0.1) is 0 Å². The minimum Gasteiger partial charge on any atom is -0.441 e. The van der Waals surface area contributed by atoms with Crippen molar-refractivity contribution in [2.75, 3.05) is 26.3 Å². The SMILES string of the molecule is CCOCC1CCN(C(=O)Cc2nc(-c3ccccc3)oc2C)CC1. The Morgan fingerprint density at radius 1 is 1.28 bits per heavy atom. The van der Waals surface area contributed by atoms with E-state index in [4.69, 9.17) is 9.15 Å². The number of ether oxygens (including phenoxy) is 1. The molecular weight excluding hydrogens is 316 g/mol. The summed E-state index contributed by atoms with van der Waals surface area (Å²) in [6.45, 7) is 7.06. The molecule has 1 aliphatic rings. The number of rotatable bonds is 6. The molecule has 0 N–H and O–H groups in total. The van der Waals surface area contributed by atoms with Gasteiger partial charge in [-0.1, -0.05) is 18.2 Å². The van der Waals surface area contributed by atoms with Crippen LogP contribution in [0.2, 0.25) is 0 Å². The number of aromatic nitrogens is 1. The minimum atomic E-state index is 0.130. The van der Waals surface area contributed by atoms with Gasteiger partial charge in [-0.3, -0.25) is 4.79 Å². The third-order valence-corrected chi connectivity index (χ3v) is 4.76. The first-order valence-electron chi connectivity index (χ1n) is 9.04. The number of aryl methyl sites for hydroxylation is 1. The Bertz CT molecular complexity index is 688. The predicted molar refractivity (Wildman–Crippen MR) is 96.2 cm³/mol. The van der Waals surface area contributed by atoms with E-state index in [1.165, 1.54) is 0 Å². The van der Waals surface area contributed by atoms with Gasteiger partial charge in [-0.05, 0) is 44.7 Å². The maximum atomic E-state index is 12.6. The Kier molecular flexibility index (Phi) is 5.87. The molecule has 1 aromatic carbocycles. The maximum Gasteiger partial charge on any atom is 0.228 e. The highest BCUT2D eigenvalue weighted by Crippen LogP contribution is 2.23. The van der Waals surface area contributed by atoms with Crippen molar-refractivity contribution in [1.29, 1.82) is 0 Å². The van der Waals surface area contributed by atoms with E-state index in [1.807, 2.05) is 49.1 Å². The molecule has 1 saturated heterocycles. The molecule has 5 heteroatoms. The van der Waals surface area contributed by atoms with E-state index in [-0.39, 0.29) is 5.91 Å². The van der Waals surface area contributed by atoms with E-state index in [9.17, 15) is 4.79 Å². The standard InChI is InChI=1S/C20H26N2O3/c1-3-24-14-16-9-11-22(12-10-16)19(23)13-18-15(2)25-20(21-18)17-7-5-4-6-8-17/h4-8,16H,3,9-14H2,1-2H3. The third kappa shape index (κ3) is 4.48. The van der Waals surface area contributed by atoms with Crippen LogP contribution in [0, 0.1) is 12.8 Å². The molecule has 1 amide bonds. The largest absolute Gasteiger partial charge is 0.441 e. The van der Waals surface area contributed by atoms with Crippen molar-refractivity contribution in [3.05, 3.63) is 41.8 Å². The van der Waals surface area contributed by atoms with Gasteiger partial charge in [0.25, 0.3) is 0 Å². The van der Waals surface area contributed by atoms with Gasteiger partial charge < -0.3 is 14.1 Å². The lowest BCUT2D eigenvalue weighted by molar-refractivity contribution is -0.132. The molecule has 0 saturated carbocycles. The lowest BCUT2D eigenvalue weighted by Crippen LogP contribution is -2.40. The van der Waals surface area contributed by atoms with Crippen molar-refractivity contribution in [3.8, 4) is 11.5 Å². The van der Waals surface area contributed by atoms with Gasteiger partial charge in [0.05, 0.1) is 12.1 Å². The van der Waals surface area contributed by atoms with Crippen LogP contribution in [-0.2, 0) is 16.0 Å². The number of carbonyl (C=O) groups is 1. The number of amides is 1. The molecular formula is C20H26N2O3. The first kappa shape index (κ1) is 17.7. The molecule has 0 atom stereocenters. The number of carbonyl (C=O) groups excluding carboxylic acids is 1. The van der Waals surface area contributed by atoms with Crippen molar-refractivity contribution >= 4 is 5.91 Å².